The van der Waals surface area contributed by atoms with Crippen LogP contribution in [0.2, 0.25) is 0 Å². The molecule has 0 radical (unpaired) electrons. The Bertz CT molecular complexity index is 928. The number of nitrogens with one attached hydrogen (secondary N) is 2. The number of non-ortho nitro benzene ring substituents is 1. The lowest BCUT2D eigenvalue weighted by Gasteiger charge is -2.29. The number of carbonyl (C=O) groups excluding carboxylic acids is 1. The lowest BCUT2D eigenvalue weighted by atomic mass is 9.95. The van der Waals surface area contributed by atoms with Crippen molar-refractivity contribution in [2.24, 2.45) is 0 Å². The standard InChI is InChI=1S/C19H17N3O4S/c1-12-16(18(23)26-11-13-6-3-2-4-7-13)17(21-19(27)20-12)14-8-5-9-15(10-14)22(24)25/h2-10,17H,11H2,1H3,(H2,20,21,27). The van der Waals surface area contributed by atoms with E-state index in [4.69, 9.17) is 17.0 Å². The van der Waals surface area contributed by atoms with Crippen LogP contribution in [0.3, 0.4) is 0 Å². The third-order valence-electron chi connectivity index (χ3n) is 4.12. The molecule has 138 valence electrons. The first-order valence-corrected chi connectivity index (χ1v) is 8.60. The minimum Gasteiger partial charge on any atom is -0.457 e. The van der Waals surface area contributed by atoms with E-state index < -0.39 is 16.9 Å². The minimum absolute atomic E-state index is 0.0617. The molecule has 2 N–H and O–H groups in total. The van der Waals surface area contributed by atoms with Crippen LogP contribution in [0.1, 0.15) is 24.1 Å². The molecule has 3 rings (SSSR count). The number of nitro groups is 1. The monoisotopic (exact) mass is 383 g/mol. The summed E-state index contributed by atoms with van der Waals surface area (Å²) in [6, 6.07) is 14.8. The smallest absolute Gasteiger partial charge is 0.338 e. The molecule has 0 saturated heterocycles. The number of nitrogens with zero attached hydrogens (tertiary/aromatic N) is 1. The van der Waals surface area contributed by atoms with Crippen LogP contribution in [0.25, 0.3) is 0 Å². The summed E-state index contributed by atoms with van der Waals surface area (Å²) < 4.78 is 5.45. The number of ether oxygens (including phenoxy) is 1. The van der Waals surface area contributed by atoms with Gasteiger partial charge in [-0.1, -0.05) is 42.5 Å². The number of nitro benzene ring substituents is 1. The quantitative estimate of drug-likeness (QED) is 0.355. The molecule has 2 aromatic carbocycles. The van der Waals surface area contributed by atoms with Crippen molar-refractivity contribution in [2.75, 3.05) is 0 Å². The van der Waals surface area contributed by atoms with Crippen LogP contribution in [0, 0.1) is 10.1 Å². The largest absolute Gasteiger partial charge is 0.457 e. The van der Waals surface area contributed by atoms with Crippen molar-refractivity contribution in [3.63, 3.8) is 0 Å². The second kappa shape index (κ2) is 7.96. The number of rotatable bonds is 5. The van der Waals surface area contributed by atoms with Gasteiger partial charge in [-0.2, -0.15) is 0 Å². The molecule has 2 aromatic rings. The minimum atomic E-state index is -0.637. The third-order valence-corrected chi connectivity index (χ3v) is 4.34. The average molecular weight is 383 g/mol. The fourth-order valence-corrected chi connectivity index (χ4v) is 3.10. The second-order valence-corrected chi connectivity index (χ2v) is 6.39. The first-order valence-electron chi connectivity index (χ1n) is 8.19. The Kier molecular flexibility index (Phi) is 5.46. The molecule has 0 saturated carbocycles. The molecule has 0 aromatic heterocycles. The van der Waals surface area contributed by atoms with Crippen molar-refractivity contribution in [1.82, 2.24) is 10.6 Å². The normalized spacial score (nSPS) is 16.3. The number of hydrogen-bond acceptors (Lipinski definition) is 5. The zero-order valence-corrected chi connectivity index (χ0v) is 15.3. The Hall–Kier alpha value is -3.26. The van der Waals surface area contributed by atoms with Gasteiger partial charge < -0.3 is 15.4 Å². The van der Waals surface area contributed by atoms with Crippen LogP contribution in [0.5, 0.6) is 0 Å². The van der Waals surface area contributed by atoms with Gasteiger partial charge in [-0.05, 0) is 30.3 Å². The summed E-state index contributed by atoms with van der Waals surface area (Å²) in [5.74, 6) is -0.518. The highest BCUT2D eigenvalue weighted by molar-refractivity contribution is 7.80. The Morgan fingerprint density at radius 2 is 1.96 bits per heavy atom. The van der Waals surface area contributed by atoms with Crippen molar-refractivity contribution in [1.29, 1.82) is 0 Å². The predicted molar refractivity (Wildman–Crippen MR) is 104 cm³/mol. The molecule has 0 fully saturated rings. The lowest BCUT2D eigenvalue weighted by Crippen LogP contribution is -2.45. The maximum atomic E-state index is 12.8. The Balaban J connectivity index is 1.88. The van der Waals surface area contributed by atoms with Gasteiger partial charge in [0.1, 0.15) is 6.61 Å². The lowest BCUT2D eigenvalue weighted by molar-refractivity contribution is -0.384. The molecule has 7 nitrogen and oxygen atoms in total. The summed E-state index contributed by atoms with van der Waals surface area (Å²) in [5.41, 5.74) is 2.24. The Morgan fingerprint density at radius 3 is 2.67 bits per heavy atom. The first-order chi connectivity index (χ1) is 13.0. The van der Waals surface area contributed by atoms with E-state index in [-0.39, 0.29) is 12.3 Å². The van der Waals surface area contributed by atoms with E-state index in [0.29, 0.717) is 21.9 Å². The van der Waals surface area contributed by atoms with Gasteiger partial charge in [-0.3, -0.25) is 10.1 Å². The maximum absolute atomic E-state index is 12.8. The molecule has 0 spiro atoms. The molecule has 1 heterocycles. The molecule has 1 aliphatic heterocycles. The predicted octanol–water partition coefficient (Wildman–Crippen LogP) is 3.13. The van der Waals surface area contributed by atoms with Gasteiger partial charge in [0.05, 0.1) is 16.5 Å². The van der Waals surface area contributed by atoms with Gasteiger partial charge in [0, 0.05) is 17.8 Å². The maximum Gasteiger partial charge on any atom is 0.338 e. The van der Waals surface area contributed by atoms with Crippen LogP contribution in [0.15, 0.2) is 65.9 Å². The van der Waals surface area contributed by atoms with E-state index in [1.807, 2.05) is 30.3 Å². The summed E-state index contributed by atoms with van der Waals surface area (Å²) in [5, 5.41) is 17.3. The zero-order chi connectivity index (χ0) is 19.4. The number of allylic oxidation sites excluding steroid dienone is 1. The summed E-state index contributed by atoms with van der Waals surface area (Å²) in [7, 11) is 0. The summed E-state index contributed by atoms with van der Waals surface area (Å²) >= 11 is 5.18. The highest BCUT2D eigenvalue weighted by Gasteiger charge is 2.31. The Morgan fingerprint density at radius 1 is 1.22 bits per heavy atom. The van der Waals surface area contributed by atoms with Crippen LogP contribution >= 0.6 is 12.2 Å². The van der Waals surface area contributed by atoms with Gasteiger partial charge in [-0.15, -0.1) is 0 Å². The number of esters is 1. The highest BCUT2D eigenvalue weighted by atomic mass is 32.1. The second-order valence-electron chi connectivity index (χ2n) is 5.98. The van der Waals surface area contributed by atoms with Crippen molar-refractivity contribution >= 4 is 29.0 Å². The van der Waals surface area contributed by atoms with Crippen molar-refractivity contribution in [3.8, 4) is 0 Å². The molecule has 1 aliphatic rings. The topological polar surface area (TPSA) is 93.5 Å². The van der Waals surface area contributed by atoms with E-state index >= 15 is 0 Å². The van der Waals surface area contributed by atoms with Gasteiger partial charge in [0.15, 0.2) is 5.11 Å². The SMILES string of the molecule is CC1=C(C(=O)OCc2ccccc2)C(c2cccc([N+](=O)[O-])c2)NC(=S)N1. The van der Waals surface area contributed by atoms with Crippen molar-refractivity contribution in [3.05, 3.63) is 87.1 Å². The van der Waals surface area contributed by atoms with Crippen LogP contribution in [-0.2, 0) is 16.1 Å². The first kappa shape index (κ1) is 18.5. The zero-order valence-electron chi connectivity index (χ0n) is 14.5. The van der Waals surface area contributed by atoms with Gasteiger partial charge >= 0.3 is 5.97 Å². The van der Waals surface area contributed by atoms with Crippen LogP contribution < -0.4 is 10.6 Å². The van der Waals surface area contributed by atoms with Gasteiger partial charge in [0.25, 0.3) is 5.69 Å². The molecule has 0 aliphatic carbocycles. The van der Waals surface area contributed by atoms with Crippen LogP contribution in [-0.4, -0.2) is 16.0 Å². The van der Waals surface area contributed by atoms with E-state index in [2.05, 4.69) is 10.6 Å². The number of thiocarbonyl (C=S) groups is 1. The molecule has 0 bridgehead atoms. The highest BCUT2D eigenvalue weighted by Crippen LogP contribution is 2.29. The number of hydrogen-bond donors (Lipinski definition) is 2. The van der Waals surface area contributed by atoms with Gasteiger partial charge in [0.2, 0.25) is 0 Å². The third kappa shape index (κ3) is 4.29. The van der Waals surface area contributed by atoms with Crippen LogP contribution in [0.4, 0.5) is 5.69 Å². The number of benzene rings is 2. The summed E-state index contributed by atoms with van der Waals surface area (Å²) in [4.78, 5) is 23.4. The van der Waals surface area contributed by atoms with E-state index in [1.54, 1.807) is 19.1 Å². The molecule has 27 heavy (non-hydrogen) atoms. The van der Waals surface area contributed by atoms with Crippen molar-refractivity contribution in [2.45, 2.75) is 19.6 Å². The molecular formula is C19H17N3O4S. The van der Waals surface area contributed by atoms with E-state index in [9.17, 15) is 14.9 Å². The average Bonchev–Trinajstić information content (AvgIpc) is 2.66. The van der Waals surface area contributed by atoms with Crippen molar-refractivity contribution < 1.29 is 14.5 Å². The molecule has 0 amide bonds. The van der Waals surface area contributed by atoms with E-state index in [1.165, 1.54) is 12.1 Å². The molecular weight excluding hydrogens is 366 g/mol. The molecule has 1 atom stereocenters. The van der Waals surface area contributed by atoms with E-state index in [0.717, 1.165) is 5.56 Å². The summed E-state index contributed by atoms with van der Waals surface area (Å²) in [6.07, 6.45) is 0. The fraction of sp³-hybridized carbons (Fsp3) is 0.158. The number of carbonyl (C=O) groups is 1. The fourth-order valence-electron chi connectivity index (χ4n) is 2.83. The van der Waals surface area contributed by atoms with Gasteiger partial charge in [-0.25, -0.2) is 4.79 Å². The molecule has 8 heteroatoms. The molecule has 1 unspecified atom stereocenters. The Labute approximate surface area is 161 Å². The summed E-state index contributed by atoms with van der Waals surface area (Å²) in [6.45, 7) is 1.85.